The van der Waals surface area contributed by atoms with Crippen molar-refractivity contribution in [2.75, 3.05) is 25.4 Å². The van der Waals surface area contributed by atoms with Crippen molar-refractivity contribution in [2.24, 2.45) is 11.7 Å². The standard InChI is InChI=1S/C17H28N4O4S/c1-12(19-17(22)15-11-16(25-20-15)14-3-4-14)13-5-8-21(9-6-13)26(23,24)10-2-7-18/h11-14H,2-10,18H2,1H3,(H,19,22)/t12-/m1/s1. The fraction of sp³-hybridized carbons (Fsp3) is 0.765. The molecule has 0 spiro atoms. The Hall–Kier alpha value is -1.45. The normalized spacial score (nSPS) is 20.8. The van der Waals surface area contributed by atoms with Gasteiger partial charge >= 0.3 is 0 Å². The van der Waals surface area contributed by atoms with Crippen LogP contribution in [0.2, 0.25) is 0 Å². The van der Waals surface area contributed by atoms with E-state index in [9.17, 15) is 13.2 Å². The predicted octanol–water partition coefficient (Wildman–Crippen LogP) is 1.06. The smallest absolute Gasteiger partial charge is 0.273 e. The van der Waals surface area contributed by atoms with Gasteiger partial charge in [-0.15, -0.1) is 0 Å². The first-order chi connectivity index (χ1) is 12.4. The summed E-state index contributed by atoms with van der Waals surface area (Å²) < 4.78 is 31.2. The molecule has 2 fully saturated rings. The summed E-state index contributed by atoms with van der Waals surface area (Å²) >= 11 is 0. The van der Waals surface area contributed by atoms with Gasteiger partial charge in [-0.3, -0.25) is 4.79 Å². The van der Waals surface area contributed by atoms with Crippen molar-refractivity contribution in [1.82, 2.24) is 14.8 Å². The lowest BCUT2D eigenvalue weighted by atomic mass is 9.91. The molecule has 0 bridgehead atoms. The van der Waals surface area contributed by atoms with Crippen molar-refractivity contribution in [3.63, 3.8) is 0 Å². The average molecular weight is 385 g/mol. The summed E-state index contributed by atoms with van der Waals surface area (Å²) in [6.07, 6.45) is 4.14. The van der Waals surface area contributed by atoms with Crippen molar-refractivity contribution in [1.29, 1.82) is 0 Å². The van der Waals surface area contributed by atoms with E-state index in [1.807, 2.05) is 6.92 Å². The Morgan fingerprint density at radius 3 is 2.69 bits per heavy atom. The molecule has 0 aromatic carbocycles. The molecule has 146 valence electrons. The number of nitrogens with two attached hydrogens (primary N) is 1. The van der Waals surface area contributed by atoms with Gasteiger partial charge in [0.2, 0.25) is 10.0 Å². The molecular weight excluding hydrogens is 356 g/mol. The molecule has 1 aliphatic heterocycles. The second kappa shape index (κ2) is 8.06. The molecule has 26 heavy (non-hydrogen) atoms. The SMILES string of the molecule is C[C@@H](NC(=O)c1cc(C2CC2)on1)C1CCN(S(=O)(=O)CCCN)CC1. The number of amides is 1. The van der Waals surface area contributed by atoms with E-state index >= 15 is 0 Å². The van der Waals surface area contributed by atoms with Crippen LogP contribution in [0.4, 0.5) is 0 Å². The monoisotopic (exact) mass is 384 g/mol. The molecule has 3 rings (SSSR count). The fourth-order valence-corrected chi connectivity index (χ4v) is 4.96. The lowest BCUT2D eigenvalue weighted by Crippen LogP contribution is -2.46. The van der Waals surface area contributed by atoms with Crippen LogP contribution in [-0.4, -0.2) is 55.2 Å². The van der Waals surface area contributed by atoms with Crippen LogP contribution in [0.25, 0.3) is 0 Å². The maximum atomic E-state index is 12.3. The molecule has 1 saturated heterocycles. The Kier molecular flexibility index (Phi) is 5.99. The van der Waals surface area contributed by atoms with Crippen LogP contribution in [0.3, 0.4) is 0 Å². The molecule has 9 heteroatoms. The molecule has 0 radical (unpaired) electrons. The number of sulfonamides is 1. The Labute approximate surface area is 154 Å². The van der Waals surface area contributed by atoms with Crippen LogP contribution >= 0.6 is 0 Å². The first-order valence-electron chi connectivity index (χ1n) is 9.36. The van der Waals surface area contributed by atoms with Crippen LogP contribution in [0.5, 0.6) is 0 Å². The number of hydrogen-bond acceptors (Lipinski definition) is 6. The van der Waals surface area contributed by atoms with Crippen LogP contribution in [-0.2, 0) is 10.0 Å². The summed E-state index contributed by atoms with van der Waals surface area (Å²) in [5.74, 6) is 1.34. The largest absolute Gasteiger partial charge is 0.360 e. The quantitative estimate of drug-likeness (QED) is 0.692. The highest BCUT2D eigenvalue weighted by atomic mass is 32.2. The van der Waals surface area contributed by atoms with Crippen molar-refractivity contribution >= 4 is 15.9 Å². The minimum atomic E-state index is -3.22. The van der Waals surface area contributed by atoms with Gasteiger partial charge in [0.15, 0.2) is 5.69 Å². The molecule has 3 N–H and O–H groups in total. The zero-order chi connectivity index (χ0) is 18.7. The van der Waals surface area contributed by atoms with E-state index in [0.29, 0.717) is 37.7 Å². The van der Waals surface area contributed by atoms with Gasteiger partial charge in [-0.2, -0.15) is 0 Å². The van der Waals surface area contributed by atoms with E-state index in [2.05, 4.69) is 10.5 Å². The van der Waals surface area contributed by atoms with Gasteiger partial charge in [0, 0.05) is 31.1 Å². The molecule has 1 atom stereocenters. The Bertz CT molecular complexity index is 721. The van der Waals surface area contributed by atoms with Crippen molar-refractivity contribution in [3.8, 4) is 0 Å². The Morgan fingerprint density at radius 2 is 2.08 bits per heavy atom. The van der Waals surface area contributed by atoms with Gasteiger partial charge < -0.3 is 15.6 Å². The maximum absolute atomic E-state index is 12.3. The first-order valence-corrected chi connectivity index (χ1v) is 11.0. The molecule has 1 saturated carbocycles. The molecular formula is C17H28N4O4S. The highest BCUT2D eigenvalue weighted by molar-refractivity contribution is 7.89. The van der Waals surface area contributed by atoms with Crippen LogP contribution < -0.4 is 11.1 Å². The zero-order valence-electron chi connectivity index (χ0n) is 15.2. The number of hydrogen-bond donors (Lipinski definition) is 2. The summed E-state index contributed by atoms with van der Waals surface area (Å²) in [5.41, 5.74) is 5.73. The number of rotatable bonds is 8. The van der Waals surface area contributed by atoms with Gasteiger partial charge in [-0.05, 0) is 51.5 Å². The Morgan fingerprint density at radius 1 is 1.38 bits per heavy atom. The molecule has 1 amide bonds. The third-order valence-electron chi connectivity index (χ3n) is 5.30. The van der Waals surface area contributed by atoms with Gasteiger partial charge in [-0.1, -0.05) is 5.16 Å². The number of carbonyl (C=O) groups is 1. The molecule has 1 aromatic rings. The summed E-state index contributed by atoms with van der Waals surface area (Å²) in [5, 5.41) is 6.84. The lowest BCUT2D eigenvalue weighted by Gasteiger charge is -2.34. The molecule has 2 aliphatic rings. The second-order valence-electron chi connectivity index (χ2n) is 7.35. The van der Waals surface area contributed by atoms with Crippen LogP contribution in [0.1, 0.15) is 61.2 Å². The molecule has 0 unspecified atom stereocenters. The highest BCUT2D eigenvalue weighted by Crippen LogP contribution is 2.40. The minimum Gasteiger partial charge on any atom is -0.360 e. The number of piperidine rings is 1. The zero-order valence-corrected chi connectivity index (χ0v) is 16.0. The number of nitrogens with one attached hydrogen (secondary N) is 1. The van der Waals surface area contributed by atoms with Gasteiger partial charge in [0.05, 0.1) is 5.75 Å². The van der Waals surface area contributed by atoms with E-state index < -0.39 is 10.0 Å². The van der Waals surface area contributed by atoms with Crippen LogP contribution in [0.15, 0.2) is 10.6 Å². The third-order valence-corrected chi connectivity index (χ3v) is 7.26. The number of carbonyl (C=O) groups excluding carboxylic acids is 1. The minimum absolute atomic E-state index is 0.0440. The first kappa shape index (κ1) is 19.3. The van der Waals surface area contributed by atoms with Gasteiger partial charge in [0.25, 0.3) is 5.91 Å². The molecule has 1 aliphatic carbocycles. The predicted molar refractivity (Wildman–Crippen MR) is 97.2 cm³/mol. The van der Waals surface area contributed by atoms with E-state index in [4.69, 9.17) is 10.3 Å². The summed E-state index contributed by atoms with van der Waals surface area (Å²) in [4.78, 5) is 12.3. The lowest BCUT2D eigenvalue weighted by molar-refractivity contribution is 0.0905. The molecule has 1 aromatic heterocycles. The number of aromatic nitrogens is 1. The van der Waals surface area contributed by atoms with Crippen molar-refractivity contribution in [3.05, 3.63) is 17.5 Å². The van der Waals surface area contributed by atoms with Crippen molar-refractivity contribution < 1.29 is 17.7 Å². The van der Waals surface area contributed by atoms with E-state index in [1.165, 1.54) is 0 Å². The van der Waals surface area contributed by atoms with Gasteiger partial charge in [0.1, 0.15) is 5.76 Å². The molecule has 2 heterocycles. The van der Waals surface area contributed by atoms with E-state index in [0.717, 1.165) is 31.4 Å². The third kappa shape index (κ3) is 4.63. The summed E-state index contributed by atoms with van der Waals surface area (Å²) in [6, 6.07) is 1.68. The summed E-state index contributed by atoms with van der Waals surface area (Å²) in [6.45, 7) is 3.33. The maximum Gasteiger partial charge on any atom is 0.273 e. The molecule has 8 nitrogen and oxygen atoms in total. The average Bonchev–Trinajstić information content (AvgIpc) is 3.36. The fourth-order valence-electron chi connectivity index (χ4n) is 3.40. The van der Waals surface area contributed by atoms with E-state index in [1.54, 1.807) is 10.4 Å². The topological polar surface area (TPSA) is 119 Å². The van der Waals surface area contributed by atoms with E-state index in [-0.39, 0.29) is 23.6 Å². The van der Waals surface area contributed by atoms with Crippen molar-refractivity contribution in [2.45, 2.75) is 51.0 Å². The number of nitrogens with zero attached hydrogens (tertiary/aromatic N) is 2. The highest BCUT2D eigenvalue weighted by Gasteiger charge is 2.32. The Balaban J connectivity index is 1.48. The second-order valence-corrected chi connectivity index (χ2v) is 9.43. The van der Waals surface area contributed by atoms with Crippen LogP contribution in [0, 0.1) is 5.92 Å². The van der Waals surface area contributed by atoms with Gasteiger partial charge in [-0.25, -0.2) is 12.7 Å². The summed E-state index contributed by atoms with van der Waals surface area (Å²) in [7, 11) is -3.22.